The van der Waals surface area contributed by atoms with Crippen LogP contribution < -0.4 is 4.74 Å². The number of aromatic nitrogens is 1. The van der Waals surface area contributed by atoms with Gasteiger partial charge >= 0.3 is 12.2 Å². The Morgan fingerprint density at radius 3 is 2.25 bits per heavy atom. The van der Waals surface area contributed by atoms with Gasteiger partial charge in [0.1, 0.15) is 11.4 Å². The molecule has 2 aromatic rings. The third-order valence-electron chi connectivity index (χ3n) is 7.09. The molecule has 1 aromatic carbocycles. The quantitative estimate of drug-likeness (QED) is 0.605. The number of hydrogen-bond donors (Lipinski definition) is 0. The first kappa shape index (κ1) is 25.9. The summed E-state index contributed by atoms with van der Waals surface area (Å²) in [5.74, 6) is 0.581. The van der Waals surface area contributed by atoms with Gasteiger partial charge in [-0.3, -0.25) is 4.79 Å². The van der Waals surface area contributed by atoms with E-state index in [2.05, 4.69) is 0 Å². The zero-order chi connectivity index (χ0) is 26.4. The molecule has 4 rings (SSSR count). The van der Waals surface area contributed by atoms with Crippen LogP contribution in [0.15, 0.2) is 30.3 Å². The summed E-state index contributed by atoms with van der Waals surface area (Å²) in [5, 5.41) is 0. The minimum Gasteiger partial charge on any atom is -0.491 e. The van der Waals surface area contributed by atoms with Gasteiger partial charge in [-0.15, -0.1) is 0 Å². The van der Waals surface area contributed by atoms with Crippen LogP contribution in [-0.4, -0.2) is 71.0 Å². The van der Waals surface area contributed by atoms with Gasteiger partial charge in [0, 0.05) is 51.5 Å². The normalized spacial score (nSPS) is 17.4. The molecule has 0 saturated carbocycles. The van der Waals surface area contributed by atoms with Crippen molar-refractivity contribution in [3.05, 3.63) is 52.8 Å². The van der Waals surface area contributed by atoms with Crippen LogP contribution in [-0.2, 0) is 18.3 Å². The molecule has 0 atom stereocenters. The van der Waals surface area contributed by atoms with Gasteiger partial charge in [-0.1, -0.05) is 0 Å². The summed E-state index contributed by atoms with van der Waals surface area (Å²) in [7, 11) is 3.27. The largest absolute Gasteiger partial charge is 0.491 e. The highest BCUT2D eigenvalue weighted by Gasteiger charge is 2.50. The molecule has 0 bridgehead atoms. The van der Waals surface area contributed by atoms with Crippen molar-refractivity contribution < 1.29 is 27.5 Å². The van der Waals surface area contributed by atoms with E-state index in [1.165, 1.54) is 15.5 Å². The fourth-order valence-electron chi connectivity index (χ4n) is 5.39. The lowest BCUT2D eigenvalue weighted by Gasteiger charge is -2.52. The molecule has 36 heavy (non-hydrogen) atoms. The number of ether oxygens (including phenoxy) is 1. The molecule has 2 aliphatic heterocycles. The average molecular weight is 507 g/mol. The predicted octanol–water partition coefficient (Wildman–Crippen LogP) is 4.73. The lowest BCUT2D eigenvalue weighted by molar-refractivity contribution is -0.144. The molecule has 0 unspecified atom stereocenters. The Balaban J connectivity index is 1.61. The van der Waals surface area contributed by atoms with Gasteiger partial charge in [0.05, 0.1) is 11.6 Å². The molecule has 1 aromatic heterocycles. The molecule has 3 heterocycles. The molecule has 2 aliphatic rings. The molecular weight excluding hydrogens is 473 g/mol. The fraction of sp³-hybridized carbons (Fsp3) is 0.538. The van der Waals surface area contributed by atoms with Crippen LogP contribution in [0.1, 0.15) is 54.0 Å². The van der Waals surface area contributed by atoms with Crippen LogP contribution in [0.2, 0.25) is 0 Å². The van der Waals surface area contributed by atoms with Gasteiger partial charge < -0.3 is 24.0 Å². The van der Waals surface area contributed by atoms with Gasteiger partial charge in [-0.25, -0.2) is 4.79 Å². The number of carbonyl (C=O) groups excluding carboxylic acids is 2. The van der Waals surface area contributed by atoms with Crippen molar-refractivity contribution in [2.45, 2.75) is 58.0 Å². The second-order valence-corrected chi connectivity index (χ2v) is 10.1. The first-order valence-corrected chi connectivity index (χ1v) is 12.2. The third-order valence-corrected chi connectivity index (χ3v) is 7.09. The van der Waals surface area contributed by atoms with E-state index in [-0.39, 0.29) is 31.1 Å². The lowest BCUT2D eigenvalue weighted by atomic mass is 9.81. The Morgan fingerprint density at radius 2 is 1.69 bits per heavy atom. The fourth-order valence-corrected chi connectivity index (χ4v) is 5.39. The van der Waals surface area contributed by atoms with E-state index in [9.17, 15) is 22.8 Å². The Kier molecular flexibility index (Phi) is 6.74. The maximum absolute atomic E-state index is 13.7. The Labute approximate surface area is 209 Å². The molecule has 1 saturated heterocycles. The summed E-state index contributed by atoms with van der Waals surface area (Å²) < 4.78 is 48.1. The van der Waals surface area contributed by atoms with E-state index in [0.717, 1.165) is 17.4 Å². The van der Waals surface area contributed by atoms with Gasteiger partial charge in [-0.05, 0) is 69.5 Å². The number of benzene rings is 1. The van der Waals surface area contributed by atoms with Crippen molar-refractivity contribution in [2.75, 3.05) is 33.7 Å². The Hall–Kier alpha value is -3.17. The highest BCUT2D eigenvalue weighted by Crippen LogP contribution is 2.45. The summed E-state index contributed by atoms with van der Waals surface area (Å²) in [6, 6.07) is 7.67. The van der Waals surface area contributed by atoms with Crippen LogP contribution in [0.4, 0.5) is 18.0 Å². The number of likely N-dealkylation sites (tertiary alicyclic amines) is 1. The first-order valence-electron chi connectivity index (χ1n) is 12.2. The minimum atomic E-state index is -4.48. The predicted molar refractivity (Wildman–Crippen MR) is 129 cm³/mol. The zero-order valence-corrected chi connectivity index (χ0v) is 21.4. The molecule has 3 amide bonds. The van der Waals surface area contributed by atoms with E-state index < -0.39 is 17.4 Å². The van der Waals surface area contributed by atoms with E-state index in [0.29, 0.717) is 37.2 Å². The first-order chi connectivity index (χ1) is 16.8. The van der Waals surface area contributed by atoms with Crippen molar-refractivity contribution in [2.24, 2.45) is 0 Å². The standard InChI is InChI=1S/C26H33F3N4O3/c1-17(2)36-20-7-6-19(16-18(20)3)23(34)31-12-10-25(11-13-31)21-8-9-22(26(27,28)29)32(21)14-15-33(25)24(35)30(4)5/h6-9,16-17H,10-15H2,1-5H3. The number of rotatable bonds is 3. The van der Waals surface area contributed by atoms with E-state index in [1.54, 1.807) is 42.1 Å². The average Bonchev–Trinajstić information content (AvgIpc) is 3.26. The molecule has 10 heteroatoms. The molecule has 7 nitrogen and oxygen atoms in total. The summed E-state index contributed by atoms with van der Waals surface area (Å²) in [6.45, 7) is 6.66. The SMILES string of the molecule is Cc1cc(C(=O)N2CCC3(CC2)c2ccc(C(F)(F)F)n2CCN3C(=O)N(C)C)ccc1OC(C)C. The molecule has 196 valence electrons. The highest BCUT2D eigenvalue weighted by molar-refractivity contribution is 5.94. The molecule has 0 aliphatic carbocycles. The number of nitrogens with zero attached hydrogens (tertiary/aromatic N) is 4. The van der Waals surface area contributed by atoms with Gasteiger partial charge in [0.25, 0.3) is 5.91 Å². The van der Waals surface area contributed by atoms with Crippen LogP contribution >= 0.6 is 0 Å². The number of halogens is 3. The van der Waals surface area contributed by atoms with Crippen molar-refractivity contribution in [1.29, 1.82) is 0 Å². The Bertz CT molecular complexity index is 1150. The van der Waals surface area contributed by atoms with Crippen LogP contribution in [0.5, 0.6) is 5.75 Å². The topological polar surface area (TPSA) is 58.0 Å². The zero-order valence-electron chi connectivity index (χ0n) is 21.4. The van der Waals surface area contributed by atoms with Crippen LogP contribution in [0.25, 0.3) is 0 Å². The van der Waals surface area contributed by atoms with Crippen molar-refractivity contribution in [3.63, 3.8) is 0 Å². The molecule has 1 spiro atoms. The number of hydrogen-bond acceptors (Lipinski definition) is 3. The van der Waals surface area contributed by atoms with Crippen LogP contribution in [0.3, 0.4) is 0 Å². The number of fused-ring (bicyclic) bond motifs is 2. The van der Waals surface area contributed by atoms with Crippen molar-refractivity contribution in [1.82, 2.24) is 19.3 Å². The number of carbonyl (C=O) groups is 2. The minimum absolute atomic E-state index is 0.0173. The van der Waals surface area contributed by atoms with Gasteiger partial charge in [-0.2, -0.15) is 13.2 Å². The van der Waals surface area contributed by atoms with Crippen molar-refractivity contribution >= 4 is 11.9 Å². The highest BCUT2D eigenvalue weighted by atomic mass is 19.4. The smallest absolute Gasteiger partial charge is 0.431 e. The van der Waals surface area contributed by atoms with Gasteiger partial charge in [0.15, 0.2) is 0 Å². The van der Waals surface area contributed by atoms with Crippen molar-refractivity contribution in [3.8, 4) is 5.75 Å². The van der Waals surface area contributed by atoms with Crippen LogP contribution in [0, 0.1) is 6.92 Å². The number of urea groups is 1. The number of alkyl halides is 3. The summed E-state index contributed by atoms with van der Waals surface area (Å²) in [6.07, 6.45) is -3.75. The molecule has 1 fully saturated rings. The molecular formula is C26H33F3N4O3. The third kappa shape index (κ3) is 4.53. The van der Waals surface area contributed by atoms with E-state index in [4.69, 9.17) is 4.74 Å². The summed E-state index contributed by atoms with van der Waals surface area (Å²) in [5.41, 5.74) is 0.258. The number of piperidine rings is 1. The van der Waals surface area contributed by atoms with E-state index in [1.807, 2.05) is 20.8 Å². The number of aryl methyl sites for hydroxylation is 1. The number of amides is 3. The molecule has 0 N–H and O–H groups in total. The summed E-state index contributed by atoms with van der Waals surface area (Å²) in [4.78, 5) is 31.3. The molecule has 0 radical (unpaired) electrons. The second-order valence-electron chi connectivity index (χ2n) is 10.1. The maximum atomic E-state index is 13.7. The monoisotopic (exact) mass is 506 g/mol. The maximum Gasteiger partial charge on any atom is 0.431 e. The second kappa shape index (κ2) is 9.37. The summed E-state index contributed by atoms with van der Waals surface area (Å²) >= 11 is 0. The van der Waals surface area contributed by atoms with E-state index >= 15 is 0 Å². The van der Waals surface area contributed by atoms with Gasteiger partial charge in [0.2, 0.25) is 0 Å². The Morgan fingerprint density at radius 1 is 1.03 bits per heavy atom. The lowest BCUT2D eigenvalue weighted by Crippen LogP contribution is -2.61.